The second-order valence-electron chi connectivity index (χ2n) is 4.84. The van der Waals surface area contributed by atoms with Gasteiger partial charge in [0.1, 0.15) is 11.3 Å². The van der Waals surface area contributed by atoms with E-state index in [1.54, 1.807) is 7.11 Å². The lowest BCUT2D eigenvalue weighted by Gasteiger charge is -2.21. The lowest BCUT2D eigenvalue weighted by Crippen LogP contribution is -2.10. The van der Waals surface area contributed by atoms with Crippen LogP contribution < -0.4 is 10.1 Å². The van der Waals surface area contributed by atoms with Gasteiger partial charge in [0.05, 0.1) is 17.8 Å². The zero-order valence-corrected chi connectivity index (χ0v) is 12.0. The fourth-order valence-corrected chi connectivity index (χ4v) is 3.15. The van der Waals surface area contributed by atoms with E-state index in [4.69, 9.17) is 21.3 Å². The van der Waals surface area contributed by atoms with E-state index in [9.17, 15) is 0 Å². The number of hydrogen-bond acceptors (Lipinski definition) is 3. The third kappa shape index (κ3) is 1.93. The van der Waals surface area contributed by atoms with E-state index in [0.717, 1.165) is 40.2 Å². The highest BCUT2D eigenvalue weighted by Gasteiger charge is 2.20. The molecule has 1 aliphatic rings. The molecule has 1 aromatic carbocycles. The number of pyridine rings is 1. The summed E-state index contributed by atoms with van der Waals surface area (Å²) >= 11 is 6.38. The Bertz CT molecular complexity index is 640. The van der Waals surface area contributed by atoms with Crippen LogP contribution in [0.4, 0.5) is 5.69 Å². The monoisotopic (exact) mass is 276 g/mol. The molecule has 0 unspecified atom stereocenters. The Kier molecular flexibility index (Phi) is 3.23. The van der Waals surface area contributed by atoms with E-state index in [1.165, 1.54) is 24.1 Å². The molecule has 0 atom stereocenters. The zero-order valence-electron chi connectivity index (χ0n) is 11.2. The van der Waals surface area contributed by atoms with Crippen molar-refractivity contribution in [3.8, 4) is 5.75 Å². The fourth-order valence-electron chi connectivity index (χ4n) is 2.90. The summed E-state index contributed by atoms with van der Waals surface area (Å²) in [5, 5.41) is 5.01. The van der Waals surface area contributed by atoms with Crippen molar-refractivity contribution < 1.29 is 4.74 Å². The van der Waals surface area contributed by atoms with Crippen molar-refractivity contribution >= 4 is 28.2 Å². The number of methoxy groups -OCH3 is 1. The van der Waals surface area contributed by atoms with Crippen LogP contribution in [0.25, 0.3) is 10.9 Å². The first kappa shape index (κ1) is 12.5. The van der Waals surface area contributed by atoms with Crippen molar-refractivity contribution in [3.05, 3.63) is 28.4 Å². The molecule has 0 spiro atoms. The van der Waals surface area contributed by atoms with Gasteiger partial charge in [-0.05, 0) is 43.4 Å². The third-order valence-electron chi connectivity index (χ3n) is 3.80. The van der Waals surface area contributed by atoms with E-state index >= 15 is 0 Å². The number of aromatic nitrogens is 1. The van der Waals surface area contributed by atoms with Crippen LogP contribution in [-0.2, 0) is 12.8 Å². The maximum absolute atomic E-state index is 6.38. The number of rotatable bonds is 2. The number of aryl methyl sites for hydroxylation is 1. The number of fused-ring (bicyclic) bond motifs is 2. The van der Waals surface area contributed by atoms with E-state index in [-0.39, 0.29) is 0 Å². The Morgan fingerprint density at radius 2 is 2.05 bits per heavy atom. The summed E-state index contributed by atoms with van der Waals surface area (Å²) in [6.45, 7) is 0. The van der Waals surface area contributed by atoms with Crippen molar-refractivity contribution in [2.45, 2.75) is 25.7 Å². The number of hydrogen-bond donors (Lipinski definition) is 1. The molecular weight excluding hydrogens is 260 g/mol. The van der Waals surface area contributed by atoms with Crippen molar-refractivity contribution in [1.82, 2.24) is 4.98 Å². The van der Waals surface area contributed by atoms with E-state index in [1.807, 2.05) is 19.2 Å². The van der Waals surface area contributed by atoms with Crippen LogP contribution in [0.3, 0.4) is 0 Å². The molecule has 4 heteroatoms. The number of nitrogens with zero attached hydrogens (tertiary/aromatic N) is 1. The SMILES string of the molecule is CNc1c2c(nc3c(OC)ccc(Cl)c13)CCCC2. The average Bonchev–Trinajstić information content (AvgIpc) is 2.45. The fraction of sp³-hybridized carbons (Fsp3) is 0.400. The predicted octanol–water partition coefficient (Wildman–Crippen LogP) is 3.82. The van der Waals surface area contributed by atoms with Gasteiger partial charge in [-0.25, -0.2) is 4.98 Å². The van der Waals surface area contributed by atoms with Crippen LogP contribution in [0, 0.1) is 0 Å². The quantitative estimate of drug-likeness (QED) is 0.905. The van der Waals surface area contributed by atoms with E-state index in [2.05, 4.69) is 5.32 Å². The zero-order chi connectivity index (χ0) is 13.4. The molecule has 2 aromatic rings. The van der Waals surface area contributed by atoms with Gasteiger partial charge in [0.2, 0.25) is 0 Å². The summed E-state index contributed by atoms with van der Waals surface area (Å²) in [5.41, 5.74) is 4.48. The predicted molar refractivity (Wildman–Crippen MR) is 79.5 cm³/mol. The molecule has 1 heterocycles. The summed E-state index contributed by atoms with van der Waals surface area (Å²) in [5.74, 6) is 0.782. The van der Waals surface area contributed by atoms with Crippen LogP contribution >= 0.6 is 11.6 Å². The van der Waals surface area contributed by atoms with Crippen LogP contribution in [0.2, 0.25) is 5.02 Å². The summed E-state index contributed by atoms with van der Waals surface area (Å²) in [4.78, 5) is 4.81. The molecule has 0 saturated carbocycles. The maximum atomic E-state index is 6.38. The second-order valence-corrected chi connectivity index (χ2v) is 5.25. The Balaban J connectivity index is 2.42. The van der Waals surface area contributed by atoms with Gasteiger partial charge in [-0.15, -0.1) is 0 Å². The first-order chi connectivity index (χ1) is 9.26. The van der Waals surface area contributed by atoms with Crippen molar-refractivity contribution in [2.24, 2.45) is 0 Å². The largest absolute Gasteiger partial charge is 0.494 e. The standard InChI is InChI=1S/C15H17ClN2O/c1-17-14-9-5-3-4-6-11(9)18-15-12(19-2)8-7-10(16)13(14)15/h7-8H,3-6H2,1-2H3,(H,17,18). The highest BCUT2D eigenvalue weighted by atomic mass is 35.5. The molecule has 0 aliphatic heterocycles. The van der Waals surface area contributed by atoms with Crippen molar-refractivity contribution in [2.75, 3.05) is 19.5 Å². The molecule has 0 fully saturated rings. The molecular formula is C15H17ClN2O. The molecule has 19 heavy (non-hydrogen) atoms. The summed E-state index contributed by atoms with van der Waals surface area (Å²) in [6.07, 6.45) is 4.53. The highest BCUT2D eigenvalue weighted by Crippen LogP contribution is 2.40. The van der Waals surface area contributed by atoms with E-state index < -0.39 is 0 Å². The summed E-state index contributed by atoms with van der Waals surface area (Å²) in [7, 11) is 3.61. The van der Waals surface area contributed by atoms with Crippen LogP contribution in [0.5, 0.6) is 5.75 Å². The highest BCUT2D eigenvalue weighted by molar-refractivity contribution is 6.36. The molecule has 1 N–H and O–H groups in total. The Hall–Kier alpha value is -1.48. The molecule has 0 amide bonds. The lowest BCUT2D eigenvalue weighted by molar-refractivity contribution is 0.418. The molecule has 0 saturated heterocycles. The van der Waals surface area contributed by atoms with Crippen molar-refractivity contribution in [1.29, 1.82) is 0 Å². The normalized spacial score (nSPS) is 14.3. The molecule has 1 aromatic heterocycles. The van der Waals surface area contributed by atoms with Crippen molar-refractivity contribution in [3.63, 3.8) is 0 Å². The smallest absolute Gasteiger partial charge is 0.145 e. The number of ether oxygens (including phenoxy) is 1. The van der Waals surface area contributed by atoms with Gasteiger partial charge < -0.3 is 10.1 Å². The molecule has 0 radical (unpaired) electrons. The van der Waals surface area contributed by atoms with Gasteiger partial charge in [0.25, 0.3) is 0 Å². The Labute approximate surface area is 117 Å². The van der Waals surface area contributed by atoms with Gasteiger partial charge in [-0.3, -0.25) is 0 Å². The maximum Gasteiger partial charge on any atom is 0.145 e. The Morgan fingerprint density at radius 3 is 2.79 bits per heavy atom. The number of benzene rings is 1. The number of anilines is 1. The second kappa shape index (κ2) is 4.89. The molecule has 0 bridgehead atoms. The summed E-state index contributed by atoms with van der Waals surface area (Å²) in [6, 6.07) is 3.76. The third-order valence-corrected chi connectivity index (χ3v) is 4.11. The lowest BCUT2D eigenvalue weighted by atomic mass is 9.92. The minimum absolute atomic E-state index is 0.723. The van der Waals surface area contributed by atoms with Gasteiger partial charge in [0.15, 0.2) is 0 Å². The molecule has 3 rings (SSSR count). The van der Waals surface area contributed by atoms with Gasteiger partial charge in [-0.2, -0.15) is 0 Å². The Morgan fingerprint density at radius 1 is 1.26 bits per heavy atom. The van der Waals surface area contributed by atoms with Gasteiger partial charge in [0, 0.05) is 18.1 Å². The van der Waals surface area contributed by atoms with E-state index in [0.29, 0.717) is 0 Å². The first-order valence-electron chi connectivity index (χ1n) is 6.62. The average molecular weight is 277 g/mol. The molecule has 100 valence electrons. The van der Waals surface area contributed by atoms with Crippen LogP contribution in [-0.4, -0.2) is 19.1 Å². The summed E-state index contributed by atoms with van der Waals surface area (Å²) < 4.78 is 5.42. The topological polar surface area (TPSA) is 34.2 Å². The minimum atomic E-state index is 0.723. The van der Waals surface area contributed by atoms with Gasteiger partial charge >= 0.3 is 0 Å². The number of nitrogens with one attached hydrogen (secondary N) is 1. The molecule has 1 aliphatic carbocycles. The molecule has 3 nitrogen and oxygen atoms in total. The first-order valence-corrected chi connectivity index (χ1v) is 6.99. The van der Waals surface area contributed by atoms with Crippen LogP contribution in [0.15, 0.2) is 12.1 Å². The number of halogens is 1. The van der Waals surface area contributed by atoms with Gasteiger partial charge in [-0.1, -0.05) is 11.6 Å². The minimum Gasteiger partial charge on any atom is -0.494 e. The van der Waals surface area contributed by atoms with Crippen LogP contribution in [0.1, 0.15) is 24.1 Å².